The molecule has 2 heterocycles. The smallest absolute Gasteiger partial charge is 0.269 e. The third-order valence-electron chi connectivity index (χ3n) is 5.43. The van der Waals surface area contributed by atoms with Gasteiger partial charge in [-0.2, -0.15) is 0 Å². The van der Waals surface area contributed by atoms with E-state index in [0.29, 0.717) is 21.8 Å². The number of nitrogens with zero attached hydrogens (tertiary/aromatic N) is 3. The molecule has 0 radical (unpaired) electrons. The van der Waals surface area contributed by atoms with E-state index >= 15 is 0 Å². The highest BCUT2D eigenvalue weighted by Gasteiger charge is 2.14. The number of rotatable bonds is 4. The fraction of sp³-hybridized carbons (Fsp3) is 0.0769. The summed E-state index contributed by atoms with van der Waals surface area (Å²) in [5, 5.41) is 24.3. The summed E-state index contributed by atoms with van der Waals surface area (Å²) in [6.45, 7) is 3.99. The third-order valence-corrected chi connectivity index (χ3v) is 6.30. The summed E-state index contributed by atoms with van der Waals surface area (Å²) in [6, 6.07) is 19.2. The Balaban J connectivity index is 1.68. The molecule has 3 aromatic carbocycles. The molecule has 0 fully saturated rings. The number of benzene rings is 3. The van der Waals surface area contributed by atoms with E-state index in [1.165, 1.54) is 23.5 Å². The second-order valence-corrected chi connectivity index (χ2v) is 8.79. The first-order valence-electron chi connectivity index (χ1n) is 10.5. The largest absolute Gasteiger partial charge is 0.508 e. The molecule has 0 aliphatic carbocycles. The van der Waals surface area contributed by atoms with E-state index in [4.69, 9.17) is 14.4 Å². The summed E-state index contributed by atoms with van der Waals surface area (Å²) in [7, 11) is 0. The van der Waals surface area contributed by atoms with Gasteiger partial charge in [-0.25, -0.2) is 9.98 Å². The number of nitro benzene ring substituents is 1. The van der Waals surface area contributed by atoms with E-state index in [1.807, 2.05) is 43.5 Å². The third kappa shape index (κ3) is 4.18. The van der Waals surface area contributed by atoms with Crippen molar-refractivity contribution in [3.05, 3.63) is 98.9 Å². The highest BCUT2D eigenvalue weighted by atomic mass is 32.1. The second-order valence-electron chi connectivity index (χ2n) is 7.93. The summed E-state index contributed by atoms with van der Waals surface area (Å²) in [5.74, 6) is 0.108. The quantitative estimate of drug-likeness (QED) is 0.233. The fourth-order valence-corrected chi connectivity index (χ4v) is 4.41. The molecule has 0 saturated carbocycles. The molecule has 7 nitrogen and oxygen atoms in total. The first-order chi connectivity index (χ1) is 16.4. The molecule has 1 N–H and O–H groups in total. The molecule has 2 aromatic heterocycles. The van der Waals surface area contributed by atoms with Gasteiger partial charge in [-0.15, -0.1) is 11.3 Å². The van der Waals surface area contributed by atoms with Crippen molar-refractivity contribution < 1.29 is 14.4 Å². The number of aromatic nitrogens is 1. The van der Waals surface area contributed by atoms with Crippen LogP contribution in [0.4, 0.5) is 11.4 Å². The maximum Gasteiger partial charge on any atom is 0.269 e. The van der Waals surface area contributed by atoms with E-state index in [1.54, 1.807) is 30.3 Å². The summed E-state index contributed by atoms with van der Waals surface area (Å²) in [6.07, 6.45) is 0. The lowest BCUT2D eigenvalue weighted by Gasteiger charge is -2.05. The van der Waals surface area contributed by atoms with Crippen LogP contribution in [0.15, 0.2) is 81.5 Å². The lowest BCUT2D eigenvalue weighted by molar-refractivity contribution is -0.384. The fourth-order valence-electron chi connectivity index (χ4n) is 3.58. The minimum absolute atomic E-state index is 0.0328. The lowest BCUT2D eigenvalue weighted by atomic mass is 10.1. The van der Waals surface area contributed by atoms with Crippen LogP contribution in [-0.4, -0.2) is 15.0 Å². The summed E-state index contributed by atoms with van der Waals surface area (Å²) in [4.78, 5) is 20.1. The molecule has 0 spiro atoms. The SMILES string of the molecule is Cc1ccc(C)c(N=c2oc3cc(O)ccc3cc2-c2nc(-c3ccc([N+](=O)[O-])cc3)cs2)c1. The molecule has 0 saturated heterocycles. The average Bonchev–Trinajstić information content (AvgIpc) is 3.31. The maximum atomic E-state index is 11.0. The van der Waals surface area contributed by atoms with Crippen LogP contribution in [0, 0.1) is 24.0 Å². The van der Waals surface area contributed by atoms with Crippen molar-refractivity contribution in [2.45, 2.75) is 13.8 Å². The van der Waals surface area contributed by atoms with Gasteiger partial charge in [0.05, 0.1) is 21.9 Å². The number of non-ortho nitro benzene ring substituents is 1. The van der Waals surface area contributed by atoms with Crippen LogP contribution in [0.5, 0.6) is 5.75 Å². The topological polar surface area (TPSA) is 102 Å². The molecule has 0 bridgehead atoms. The van der Waals surface area contributed by atoms with Gasteiger partial charge >= 0.3 is 0 Å². The lowest BCUT2D eigenvalue weighted by Crippen LogP contribution is -2.05. The molecule has 0 amide bonds. The maximum absolute atomic E-state index is 11.0. The number of fused-ring (bicyclic) bond motifs is 1. The number of hydrogen-bond donors (Lipinski definition) is 1. The van der Waals surface area contributed by atoms with Gasteiger partial charge < -0.3 is 9.52 Å². The molecule has 168 valence electrons. The van der Waals surface area contributed by atoms with Gasteiger partial charge in [-0.3, -0.25) is 10.1 Å². The Labute approximate surface area is 198 Å². The molecular weight excluding hydrogens is 450 g/mol. The molecule has 0 aliphatic rings. The average molecular weight is 470 g/mol. The summed E-state index contributed by atoms with van der Waals surface area (Å²) < 4.78 is 6.15. The van der Waals surface area contributed by atoms with E-state index in [2.05, 4.69) is 0 Å². The number of thiazole rings is 1. The van der Waals surface area contributed by atoms with Gasteiger partial charge in [-0.1, -0.05) is 12.1 Å². The van der Waals surface area contributed by atoms with E-state index < -0.39 is 4.92 Å². The van der Waals surface area contributed by atoms with Crippen molar-refractivity contribution >= 4 is 33.7 Å². The number of aryl methyl sites for hydroxylation is 2. The number of phenols is 1. The Morgan fingerprint density at radius 2 is 1.82 bits per heavy atom. The van der Waals surface area contributed by atoms with Crippen molar-refractivity contribution in [1.82, 2.24) is 4.98 Å². The first kappa shape index (κ1) is 21.5. The number of aromatic hydroxyl groups is 1. The number of phenolic OH excluding ortho intramolecular Hbond substituents is 1. The van der Waals surface area contributed by atoms with Crippen molar-refractivity contribution in [2.75, 3.05) is 0 Å². The standard InChI is InChI=1S/C26H19N3O4S/c1-15-3-4-16(2)22(11-15)27-25-21(12-18-7-10-20(30)13-24(18)33-25)26-28-23(14-34-26)17-5-8-19(9-6-17)29(31)32/h3-14,30H,1-2H3. The van der Waals surface area contributed by atoms with Crippen LogP contribution in [0.25, 0.3) is 32.8 Å². The molecule has 0 atom stereocenters. The van der Waals surface area contributed by atoms with Crippen LogP contribution in [0.2, 0.25) is 0 Å². The van der Waals surface area contributed by atoms with Gasteiger partial charge in [-0.05, 0) is 61.4 Å². The highest BCUT2D eigenvalue weighted by Crippen LogP contribution is 2.31. The van der Waals surface area contributed by atoms with Crippen LogP contribution in [0.1, 0.15) is 11.1 Å². The van der Waals surface area contributed by atoms with Crippen molar-refractivity contribution in [2.24, 2.45) is 4.99 Å². The zero-order valence-corrected chi connectivity index (χ0v) is 19.2. The first-order valence-corrected chi connectivity index (χ1v) is 11.3. The van der Waals surface area contributed by atoms with Gasteiger partial charge in [0.2, 0.25) is 5.55 Å². The van der Waals surface area contributed by atoms with Gasteiger partial charge in [0.15, 0.2) is 0 Å². The van der Waals surface area contributed by atoms with Crippen LogP contribution in [-0.2, 0) is 0 Å². The molecule has 0 unspecified atom stereocenters. The predicted molar refractivity (Wildman–Crippen MR) is 132 cm³/mol. The number of hydrogen-bond acceptors (Lipinski definition) is 7. The van der Waals surface area contributed by atoms with Crippen molar-refractivity contribution in [1.29, 1.82) is 0 Å². The Morgan fingerprint density at radius 3 is 2.59 bits per heavy atom. The number of nitro groups is 1. The van der Waals surface area contributed by atoms with Gasteiger partial charge in [0.1, 0.15) is 16.3 Å². The summed E-state index contributed by atoms with van der Waals surface area (Å²) >= 11 is 1.44. The second kappa shape index (κ2) is 8.57. The van der Waals surface area contributed by atoms with E-state index in [-0.39, 0.29) is 11.4 Å². The van der Waals surface area contributed by atoms with Crippen LogP contribution < -0.4 is 5.55 Å². The molecule has 0 aliphatic heterocycles. The Bertz CT molecular complexity index is 1620. The van der Waals surface area contributed by atoms with Gasteiger partial charge in [0, 0.05) is 34.5 Å². The van der Waals surface area contributed by atoms with Crippen molar-refractivity contribution in [3.8, 4) is 27.6 Å². The minimum Gasteiger partial charge on any atom is -0.508 e. The van der Waals surface area contributed by atoms with E-state index in [9.17, 15) is 15.2 Å². The Kier molecular flexibility index (Phi) is 5.43. The Hall–Kier alpha value is -4.30. The monoisotopic (exact) mass is 469 g/mol. The van der Waals surface area contributed by atoms with Crippen LogP contribution >= 0.6 is 11.3 Å². The predicted octanol–water partition coefficient (Wildman–Crippen LogP) is 6.69. The Morgan fingerprint density at radius 1 is 1.03 bits per heavy atom. The molecule has 5 rings (SSSR count). The molecule has 34 heavy (non-hydrogen) atoms. The molecule has 8 heteroatoms. The minimum atomic E-state index is -0.425. The van der Waals surface area contributed by atoms with Gasteiger partial charge in [0.25, 0.3) is 5.69 Å². The normalized spacial score (nSPS) is 11.8. The molecule has 5 aromatic rings. The highest BCUT2D eigenvalue weighted by molar-refractivity contribution is 7.13. The van der Waals surface area contributed by atoms with Crippen LogP contribution in [0.3, 0.4) is 0 Å². The zero-order valence-electron chi connectivity index (χ0n) is 18.4. The summed E-state index contributed by atoms with van der Waals surface area (Å²) in [5.41, 5.74) is 6.02. The molecular formula is C26H19N3O4S. The van der Waals surface area contributed by atoms with Crippen molar-refractivity contribution in [3.63, 3.8) is 0 Å². The van der Waals surface area contributed by atoms with E-state index in [0.717, 1.165) is 33.3 Å². The zero-order chi connectivity index (χ0) is 23.8.